The lowest BCUT2D eigenvalue weighted by Crippen LogP contribution is -2.35. The molecule has 20 heteroatoms. The van der Waals surface area contributed by atoms with Crippen molar-refractivity contribution in [3.8, 4) is 0 Å². The van der Waals surface area contributed by atoms with E-state index in [9.17, 15) is 38.4 Å². The zero-order valence-electron chi connectivity index (χ0n) is 14.7. The van der Waals surface area contributed by atoms with Crippen LogP contribution in [-0.4, -0.2) is 64.3 Å². The smallest absolute Gasteiger partial charge is 0.387 e. The Morgan fingerprint density at radius 1 is 1.07 bits per heavy atom. The molecule has 1 aliphatic heterocycles. The quantitative estimate of drug-likeness (QED) is 0.184. The van der Waals surface area contributed by atoms with E-state index >= 15 is 0 Å². The van der Waals surface area contributed by atoms with Crippen molar-refractivity contribution in [2.24, 2.45) is 7.05 Å². The van der Waals surface area contributed by atoms with Crippen LogP contribution in [0.25, 0.3) is 0 Å². The fourth-order valence-electron chi connectivity index (χ4n) is 2.40. The van der Waals surface area contributed by atoms with E-state index in [0.717, 1.165) is 10.8 Å². The van der Waals surface area contributed by atoms with Crippen LogP contribution >= 0.6 is 23.5 Å². The maximum atomic E-state index is 11.9. The van der Waals surface area contributed by atoms with Gasteiger partial charge in [-0.1, -0.05) is 0 Å². The lowest BCUT2D eigenvalue weighted by Gasteiger charge is -2.19. The van der Waals surface area contributed by atoms with Crippen LogP contribution < -0.4 is 11.2 Å². The molecular weight excluding hydrogens is 481 g/mol. The second kappa shape index (κ2) is 8.84. The maximum Gasteiger partial charge on any atom is 0.490 e. The normalized spacial score (nSPS) is 28.8. The molecule has 1 fully saturated rings. The first kappa shape index (κ1) is 25.2. The standard InChI is InChI=1S/C10H17N2O15P3/c1-12-2-4(9(15)11-10(12)16)8-7(14)6(13)5(25-8)3-24-29(20,21)27-30(22,23)26-28(17,18)19/h2,5-8,13-14H,3H2,1H3,(H,20,21)(H,22,23)(H,11,15,16)(H2,17,18,19)/t5-,6?,7+,8+/m1/s1. The van der Waals surface area contributed by atoms with Gasteiger partial charge in [-0.3, -0.25) is 14.3 Å². The predicted octanol–water partition coefficient (Wildman–Crippen LogP) is -2.42. The average molecular weight is 498 g/mol. The summed E-state index contributed by atoms with van der Waals surface area (Å²) in [6, 6.07) is 0. The number of H-pyrrole nitrogens is 1. The number of hydrogen-bond donors (Lipinski definition) is 7. The van der Waals surface area contributed by atoms with E-state index in [2.05, 4.69) is 13.1 Å². The molecule has 30 heavy (non-hydrogen) atoms. The SMILES string of the molecule is Cn1cc([C@@H]2O[C@H](COP(=O)(O)OP(=O)(O)OP(=O)(O)O)C(O)[C@@H]2O)c(=O)[nH]c1=O. The van der Waals surface area contributed by atoms with Gasteiger partial charge in [-0.05, 0) is 0 Å². The van der Waals surface area contributed by atoms with Crippen molar-refractivity contribution in [2.45, 2.75) is 24.4 Å². The summed E-state index contributed by atoms with van der Waals surface area (Å²) in [6.07, 6.45) is -5.53. The second-order valence-corrected chi connectivity index (χ2v) is 10.3. The fraction of sp³-hybridized carbons (Fsp3) is 0.600. The molecule has 172 valence electrons. The van der Waals surface area contributed by atoms with Crippen molar-refractivity contribution < 1.29 is 61.4 Å². The van der Waals surface area contributed by atoms with E-state index < -0.39 is 65.7 Å². The van der Waals surface area contributed by atoms with E-state index in [1.807, 2.05) is 4.98 Å². The summed E-state index contributed by atoms with van der Waals surface area (Å²) < 4.78 is 51.1. The molecule has 2 heterocycles. The number of hydrogen-bond acceptors (Lipinski definition) is 11. The Kier molecular flexibility index (Phi) is 7.44. The Morgan fingerprint density at radius 2 is 1.67 bits per heavy atom. The summed E-state index contributed by atoms with van der Waals surface area (Å²) >= 11 is 0. The minimum atomic E-state index is -5.73. The summed E-state index contributed by atoms with van der Waals surface area (Å²) in [4.78, 5) is 60.6. The number of phosphoric acid groups is 3. The Balaban J connectivity index is 2.09. The van der Waals surface area contributed by atoms with Gasteiger partial charge in [0.2, 0.25) is 0 Å². The first-order chi connectivity index (χ1) is 13.5. The molecule has 1 aliphatic rings. The van der Waals surface area contributed by atoms with Crippen LogP contribution in [0.4, 0.5) is 0 Å². The monoisotopic (exact) mass is 498 g/mol. The van der Waals surface area contributed by atoms with E-state index in [0.29, 0.717) is 0 Å². The van der Waals surface area contributed by atoms with E-state index in [1.54, 1.807) is 0 Å². The van der Waals surface area contributed by atoms with Crippen LogP contribution in [0.1, 0.15) is 11.7 Å². The van der Waals surface area contributed by atoms with Gasteiger partial charge in [0.1, 0.15) is 24.4 Å². The van der Waals surface area contributed by atoms with Gasteiger partial charge in [-0.15, -0.1) is 0 Å². The van der Waals surface area contributed by atoms with Crippen LogP contribution in [0.2, 0.25) is 0 Å². The number of nitrogens with one attached hydrogen (secondary N) is 1. The molecule has 1 aromatic heterocycles. The Bertz CT molecular complexity index is 1040. The summed E-state index contributed by atoms with van der Waals surface area (Å²) in [5.74, 6) is 0. The maximum absolute atomic E-state index is 11.9. The van der Waals surface area contributed by atoms with E-state index in [-0.39, 0.29) is 5.56 Å². The lowest BCUT2D eigenvalue weighted by molar-refractivity contribution is -0.0228. The van der Waals surface area contributed by atoms with E-state index in [4.69, 9.17) is 19.4 Å². The highest BCUT2D eigenvalue weighted by molar-refractivity contribution is 7.66. The van der Waals surface area contributed by atoms with Crippen molar-refractivity contribution >= 4 is 23.5 Å². The highest BCUT2D eigenvalue weighted by atomic mass is 31.3. The number of aromatic amines is 1. The molecule has 1 saturated heterocycles. The van der Waals surface area contributed by atoms with Gasteiger partial charge >= 0.3 is 29.2 Å². The number of rotatable bonds is 8. The van der Waals surface area contributed by atoms with Gasteiger partial charge in [0, 0.05) is 13.2 Å². The average Bonchev–Trinajstić information content (AvgIpc) is 2.81. The largest absolute Gasteiger partial charge is 0.490 e. The van der Waals surface area contributed by atoms with Crippen LogP contribution in [0.15, 0.2) is 15.8 Å². The molecule has 6 atom stereocenters. The second-order valence-electron chi connectivity index (χ2n) is 5.92. The number of aliphatic hydroxyl groups is 2. The first-order valence-corrected chi connectivity index (χ1v) is 12.1. The zero-order chi connectivity index (χ0) is 23.1. The third-order valence-corrected chi connectivity index (χ3v) is 7.43. The molecule has 0 aliphatic carbocycles. The molecule has 3 unspecified atom stereocenters. The molecule has 0 radical (unpaired) electrons. The fourth-order valence-corrected chi connectivity index (χ4v) is 5.43. The third-order valence-electron chi connectivity index (χ3n) is 3.62. The lowest BCUT2D eigenvalue weighted by atomic mass is 10.0. The van der Waals surface area contributed by atoms with Crippen LogP contribution in [-0.2, 0) is 38.6 Å². The molecule has 0 bridgehead atoms. The summed E-state index contributed by atoms with van der Waals surface area (Å²) in [6.45, 7) is -1.04. The third kappa shape index (κ3) is 6.48. The number of ether oxygens (including phenoxy) is 1. The Morgan fingerprint density at radius 3 is 2.23 bits per heavy atom. The van der Waals surface area contributed by atoms with Crippen LogP contribution in [0, 0.1) is 0 Å². The van der Waals surface area contributed by atoms with Gasteiger partial charge in [0.15, 0.2) is 0 Å². The minimum Gasteiger partial charge on any atom is -0.387 e. The molecule has 0 amide bonds. The van der Waals surface area contributed by atoms with Crippen molar-refractivity contribution in [3.05, 3.63) is 32.6 Å². The summed E-state index contributed by atoms with van der Waals surface area (Å²) in [5.41, 5.74) is -1.95. The number of nitrogens with zero attached hydrogens (tertiary/aromatic N) is 1. The van der Waals surface area contributed by atoms with Crippen molar-refractivity contribution in [1.29, 1.82) is 0 Å². The molecule has 7 N–H and O–H groups in total. The number of aromatic nitrogens is 2. The van der Waals surface area contributed by atoms with Gasteiger partial charge in [-0.25, -0.2) is 18.5 Å². The molecular formula is C10H17N2O15P3. The highest BCUT2D eigenvalue weighted by Crippen LogP contribution is 2.66. The van der Waals surface area contributed by atoms with Gasteiger partial charge in [-0.2, -0.15) is 8.62 Å². The van der Waals surface area contributed by atoms with Crippen LogP contribution in [0.5, 0.6) is 0 Å². The number of phosphoric ester groups is 1. The van der Waals surface area contributed by atoms with Crippen molar-refractivity contribution in [3.63, 3.8) is 0 Å². The Labute approximate surface area is 165 Å². The van der Waals surface area contributed by atoms with Gasteiger partial charge < -0.3 is 39.1 Å². The summed E-state index contributed by atoms with van der Waals surface area (Å²) in [7, 11) is -15.5. The van der Waals surface area contributed by atoms with Gasteiger partial charge in [0.05, 0.1) is 12.2 Å². The molecule has 17 nitrogen and oxygen atoms in total. The number of aryl methyl sites for hydroxylation is 1. The van der Waals surface area contributed by atoms with E-state index in [1.165, 1.54) is 7.05 Å². The van der Waals surface area contributed by atoms with Crippen molar-refractivity contribution in [2.75, 3.05) is 6.61 Å². The molecule has 0 aromatic carbocycles. The first-order valence-electron chi connectivity index (χ1n) is 7.61. The van der Waals surface area contributed by atoms with Crippen molar-refractivity contribution in [1.82, 2.24) is 9.55 Å². The molecule has 0 saturated carbocycles. The summed E-state index contributed by atoms with van der Waals surface area (Å²) in [5, 5.41) is 20.1. The highest BCUT2D eigenvalue weighted by Gasteiger charge is 2.47. The zero-order valence-corrected chi connectivity index (χ0v) is 17.4. The van der Waals surface area contributed by atoms with Gasteiger partial charge in [0.25, 0.3) is 5.56 Å². The topological polar surface area (TPSA) is 264 Å². The molecule has 2 rings (SSSR count). The number of aliphatic hydroxyl groups excluding tert-OH is 2. The minimum absolute atomic E-state index is 0.260. The molecule has 1 aromatic rings. The predicted molar refractivity (Wildman–Crippen MR) is 91.7 cm³/mol. The Hall–Kier alpha value is -1.03. The van der Waals surface area contributed by atoms with Crippen LogP contribution in [0.3, 0.4) is 0 Å². The molecule has 0 spiro atoms.